The molecule has 112 heavy (non-hydrogen) atoms. The zero-order valence-corrected chi connectivity index (χ0v) is 77.9. The quantitative estimate of drug-likeness (QED) is 0.127. The maximum atomic E-state index is 12.3. The lowest BCUT2D eigenvalue weighted by molar-refractivity contribution is -0.243. The molecule has 0 aliphatic carbocycles. The molecule has 694 valence electrons. The fraction of sp³-hybridized carbons (Fsp3) is 1.00. The predicted molar refractivity (Wildman–Crippen MR) is 418 cm³/mol. The van der Waals surface area contributed by atoms with E-state index in [0.29, 0.717) is 48.3 Å². The molecule has 4 unspecified atom stereocenters. The van der Waals surface area contributed by atoms with Gasteiger partial charge in [0.1, 0.15) is 0 Å². The summed E-state index contributed by atoms with van der Waals surface area (Å²) in [7, 11) is 0. The van der Waals surface area contributed by atoms with Crippen molar-refractivity contribution in [2.45, 2.75) is 419 Å². The van der Waals surface area contributed by atoms with Gasteiger partial charge in [-0.1, -0.05) is 344 Å². The van der Waals surface area contributed by atoms with Gasteiger partial charge in [-0.15, -0.1) is 0 Å². The summed E-state index contributed by atoms with van der Waals surface area (Å²) in [5.74, 6) is -4.36. The topological polar surface area (TPSA) is 0 Å². The molecule has 0 radical (unpaired) electrons. The normalized spacial score (nSPS) is 15.8. The van der Waals surface area contributed by atoms with Gasteiger partial charge >= 0.3 is 55.6 Å². The van der Waals surface area contributed by atoms with Crippen LogP contribution >= 0.6 is 0 Å². The zero-order valence-electron chi connectivity index (χ0n) is 77.9. The maximum Gasteiger partial charge on any atom is 0.394 e. The monoisotopic (exact) mass is 1700 g/mol. The van der Waals surface area contributed by atoms with Gasteiger partial charge in [0, 0.05) is 12.8 Å². The number of hydrogen-bond acceptors (Lipinski definition) is 0. The molecule has 27 heteroatoms. The van der Waals surface area contributed by atoms with Crippen molar-refractivity contribution >= 4 is 0 Å². The molecule has 0 N–H and O–H groups in total. The molecular formula is C85H165F27. The SMILES string of the molecule is CC(C)(C)C(C)(C)C.CC(C)(C)C(C)(C)C(F)(F)F.CC(C)C(C)(C)C(C)C(F)(F)F.CC(C)C(C)(C)C(F)(F)F.CC(C)[C@@H](C)C(C)(C)C.CC(C)[C@@H](C)C(C)C(F)(F)F.CC(C)[C@@H](C)C(C)C(F)(F)F.CCC(C)(C)CC(F)(F)F.CCC(C)[C@@H](C)C(F)(F)F.CCC(CC)CC(F)(F)F.CCCC(C)(C)C(F)(F)F. The summed E-state index contributed by atoms with van der Waals surface area (Å²) in [4.78, 5) is 0. The van der Waals surface area contributed by atoms with Crippen LogP contribution in [-0.4, -0.2) is 55.6 Å². The second-order valence-corrected chi connectivity index (χ2v) is 39.4. The Bertz CT molecular complexity index is 2180. The van der Waals surface area contributed by atoms with Crippen LogP contribution in [0.3, 0.4) is 0 Å². The molecule has 0 rings (SSSR count). The van der Waals surface area contributed by atoms with Gasteiger partial charge in [-0.25, -0.2) is 0 Å². The number of halogens is 27. The Hall–Kier alpha value is -1.89. The fourth-order valence-electron chi connectivity index (χ4n) is 7.44. The highest BCUT2D eigenvalue weighted by molar-refractivity contribution is 4.89. The lowest BCUT2D eigenvalue weighted by atomic mass is 9.69. The van der Waals surface area contributed by atoms with Crippen LogP contribution in [0.1, 0.15) is 363 Å². The molecule has 0 aliphatic heterocycles. The van der Waals surface area contributed by atoms with Crippen molar-refractivity contribution in [3.63, 3.8) is 0 Å². The number of alkyl halides is 27. The standard InChI is InChI=1S/C9H17F3.C9H20.3C8H15F3.C8H18.5C7H13F3/c1-6(2)8(4,5)7(3)9(10,11)12;1-7(2)8(3)9(4,5)6;1-6(2,3)7(4,5)8(9,10)11;2*1-5(2)6(3)7(4)8(9,10)11;1-7(2,3)8(4,5)6;1-5(2)6(3,4)7(8,9)10;1-4-6(2,3)5-7(8,9)10;1-4-5-6(2,3)7(8,9)10;1-4-5(2)6(3)7(8,9)10;1-3-6(4-2)5-7(8,9)10/h6-7H,1-5H3;7-8H,1-6H3;1-5H3;2*5-7H,1-4H3;1-6H3;5H,1-4H3;2*4-5H2,1-3H3;5-6H,4H2,1-3H3;6H,3-5H2,1-2H3/t;8-;;2*6-,7?;;;;;5?,6-;/m.1.11....1./s1. The molecule has 0 aromatic carbocycles. The first kappa shape index (κ1) is 133. The van der Waals surface area contributed by atoms with E-state index in [1.807, 2.05) is 41.5 Å². The van der Waals surface area contributed by atoms with Crippen molar-refractivity contribution in [1.82, 2.24) is 0 Å². The molecule has 0 nitrogen and oxygen atoms in total. The first-order valence-corrected chi connectivity index (χ1v) is 39.5. The van der Waals surface area contributed by atoms with Gasteiger partial charge in [0.25, 0.3) is 0 Å². The molecule has 0 saturated heterocycles. The number of hydrogen-bond donors (Lipinski definition) is 0. The minimum Gasteiger partial charge on any atom is -0.171 e. The molecule has 8 atom stereocenters. The Morgan fingerprint density at radius 1 is 0.286 bits per heavy atom. The van der Waals surface area contributed by atoms with Gasteiger partial charge < -0.3 is 0 Å². The molecule has 0 spiro atoms. The molecule has 0 amide bonds. The van der Waals surface area contributed by atoms with E-state index in [1.165, 1.54) is 69.2 Å². The van der Waals surface area contributed by atoms with E-state index in [-0.39, 0.29) is 53.8 Å². The van der Waals surface area contributed by atoms with E-state index in [9.17, 15) is 119 Å². The van der Waals surface area contributed by atoms with Gasteiger partial charge in [-0.05, 0) is 98.1 Å². The summed E-state index contributed by atoms with van der Waals surface area (Å²) >= 11 is 0. The van der Waals surface area contributed by atoms with Crippen LogP contribution in [0.25, 0.3) is 0 Å². The van der Waals surface area contributed by atoms with E-state index < -0.39 is 125 Å². The Balaban J connectivity index is -0.000000111. The molecule has 0 fully saturated rings. The minimum absolute atomic E-state index is 0.0362. The third-order valence-corrected chi connectivity index (χ3v) is 24.1. The summed E-state index contributed by atoms with van der Waals surface area (Å²) in [6.45, 7) is 79.0. The second kappa shape index (κ2) is 52.3. The molecule has 0 heterocycles. The highest BCUT2D eigenvalue weighted by Gasteiger charge is 2.55. The van der Waals surface area contributed by atoms with Crippen LogP contribution in [0.5, 0.6) is 0 Å². The molecule has 0 bridgehead atoms. The van der Waals surface area contributed by atoms with E-state index in [2.05, 4.69) is 83.1 Å². The van der Waals surface area contributed by atoms with Crippen molar-refractivity contribution in [2.75, 3.05) is 0 Å². The van der Waals surface area contributed by atoms with E-state index in [1.54, 1.807) is 118 Å². The first-order valence-electron chi connectivity index (χ1n) is 39.5. The Kier molecular flexibility index (Phi) is 62.4. The molecule has 0 aromatic heterocycles. The molecule has 0 aliphatic rings. The van der Waals surface area contributed by atoms with Crippen molar-refractivity contribution in [1.29, 1.82) is 0 Å². The third kappa shape index (κ3) is 64.1. The predicted octanol–water partition coefficient (Wildman–Crippen LogP) is 37.4. The Morgan fingerprint density at radius 2 is 0.580 bits per heavy atom. The highest BCUT2D eigenvalue weighted by Crippen LogP contribution is 2.51. The van der Waals surface area contributed by atoms with Crippen molar-refractivity contribution < 1.29 is 119 Å². The first-order chi connectivity index (χ1) is 47.9. The van der Waals surface area contributed by atoms with Crippen LogP contribution in [0.4, 0.5) is 119 Å². The summed E-state index contributed by atoms with van der Waals surface area (Å²) < 4.78 is 324. The summed E-state index contributed by atoms with van der Waals surface area (Å²) in [6.07, 6.45) is -34.6. The van der Waals surface area contributed by atoms with Crippen LogP contribution in [0.15, 0.2) is 0 Å². The van der Waals surface area contributed by atoms with Crippen LogP contribution in [0.2, 0.25) is 0 Å². The van der Waals surface area contributed by atoms with Gasteiger partial charge in [0.15, 0.2) is 0 Å². The summed E-state index contributed by atoms with van der Waals surface area (Å²) in [5, 5.41) is 0. The highest BCUT2D eigenvalue weighted by atomic mass is 19.4. The van der Waals surface area contributed by atoms with E-state index in [4.69, 9.17) is 0 Å². The van der Waals surface area contributed by atoms with Gasteiger partial charge in [0.05, 0.1) is 39.9 Å². The van der Waals surface area contributed by atoms with Crippen molar-refractivity contribution in [3.8, 4) is 0 Å². The van der Waals surface area contributed by atoms with E-state index >= 15 is 0 Å². The van der Waals surface area contributed by atoms with Crippen LogP contribution in [0, 0.1) is 132 Å². The minimum atomic E-state index is -4.12. The average Bonchev–Trinajstić information content (AvgIpc) is 0.791. The Labute approximate surface area is 666 Å². The smallest absolute Gasteiger partial charge is 0.171 e. The van der Waals surface area contributed by atoms with Crippen molar-refractivity contribution in [2.24, 2.45) is 132 Å². The maximum absolute atomic E-state index is 12.3. The van der Waals surface area contributed by atoms with Gasteiger partial charge in [0.2, 0.25) is 0 Å². The van der Waals surface area contributed by atoms with Gasteiger partial charge in [-0.2, -0.15) is 119 Å². The van der Waals surface area contributed by atoms with E-state index in [0.717, 1.165) is 11.8 Å². The number of rotatable bonds is 17. The van der Waals surface area contributed by atoms with Crippen LogP contribution < -0.4 is 0 Å². The molecule has 0 saturated carbocycles. The molecule has 0 aromatic rings. The Morgan fingerprint density at radius 3 is 0.634 bits per heavy atom. The zero-order chi connectivity index (χ0) is 94.7. The lowest BCUT2D eigenvalue weighted by Gasteiger charge is -2.40. The van der Waals surface area contributed by atoms with Gasteiger partial charge in [-0.3, -0.25) is 0 Å². The summed E-state index contributed by atoms with van der Waals surface area (Å²) in [5.41, 5.74) is -5.37. The second-order valence-electron chi connectivity index (χ2n) is 39.4. The largest absolute Gasteiger partial charge is 0.394 e. The van der Waals surface area contributed by atoms with Crippen molar-refractivity contribution in [3.05, 3.63) is 0 Å². The van der Waals surface area contributed by atoms with Crippen LogP contribution in [-0.2, 0) is 0 Å². The third-order valence-electron chi connectivity index (χ3n) is 24.1. The summed E-state index contributed by atoms with van der Waals surface area (Å²) in [6, 6.07) is 0. The lowest BCUT2D eigenvalue weighted by Crippen LogP contribution is -2.43. The fourth-order valence-corrected chi connectivity index (χ4v) is 7.44. The molecular weight excluding hydrogens is 1530 g/mol. The average molecular weight is 1700 g/mol.